The molecular weight excluding hydrogens is 154 g/mol. The van der Waals surface area contributed by atoms with Crippen LogP contribution in [0.5, 0.6) is 0 Å². The molecule has 0 aromatic rings. The van der Waals surface area contributed by atoms with Crippen LogP contribution >= 0.6 is 0 Å². The van der Waals surface area contributed by atoms with Crippen LogP contribution in [0.25, 0.3) is 0 Å². The van der Waals surface area contributed by atoms with Gasteiger partial charge in [0.05, 0.1) is 6.04 Å². The number of urea groups is 1. The van der Waals surface area contributed by atoms with Crippen LogP contribution in [-0.4, -0.2) is 48.6 Å². The third kappa shape index (κ3) is 1.53. The summed E-state index contributed by atoms with van der Waals surface area (Å²) < 4.78 is 0. The van der Waals surface area contributed by atoms with Gasteiger partial charge in [-0.25, -0.2) is 4.79 Å². The fraction of sp³-hybridized carbons (Fsp3) is 0.875. The predicted octanol–water partition coefficient (Wildman–Crippen LogP) is 0.0911. The van der Waals surface area contributed by atoms with Gasteiger partial charge in [0.25, 0.3) is 0 Å². The highest BCUT2D eigenvalue weighted by Gasteiger charge is 2.32. The molecule has 1 aliphatic rings. The Morgan fingerprint density at radius 1 is 1.67 bits per heavy atom. The van der Waals surface area contributed by atoms with Crippen molar-refractivity contribution in [3.63, 3.8) is 0 Å². The van der Waals surface area contributed by atoms with E-state index in [9.17, 15) is 4.79 Å². The zero-order valence-corrected chi connectivity index (χ0v) is 7.79. The maximum atomic E-state index is 11.5. The van der Waals surface area contributed by atoms with Gasteiger partial charge in [0.1, 0.15) is 0 Å². The number of nitrogens with two attached hydrogens (primary N) is 1. The minimum Gasteiger partial charge on any atom is -0.329 e. The minimum atomic E-state index is 0.118. The summed E-state index contributed by atoms with van der Waals surface area (Å²) in [5.74, 6) is 0. The molecule has 1 heterocycles. The van der Waals surface area contributed by atoms with E-state index in [-0.39, 0.29) is 6.03 Å². The maximum absolute atomic E-state index is 11.5. The van der Waals surface area contributed by atoms with E-state index in [1.807, 2.05) is 11.9 Å². The Bertz CT molecular complexity index is 172. The van der Waals surface area contributed by atoms with Gasteiger partial charge in [-0.2, -0.15) is 0 Å². The third-order valence-electron chi connectivity index (χ3n) is 2.42. The van der Waals surface area contributed by atoms with Gasteiger partial charge in [0, 0.05) is 26.7 Å². The zero-order valence-electron chi connectivity index (χ0n) is 7.79. The molecule has 1 rings (SSSR count). The normalized spacial score (nSPS) is 23.9. The molecule has 1 aliphatic heterocycles. The van der Waals surface area contributed by atoms with Crippen molar-refractivity contribution >= 4 is 6.03 Å². The van der Waals surface area contributed by atoms with Gasteiger partial charge in [0.15, 0.2) is 0 Å². The first-order valence-electron chi connectivity index (χ1n) is 4.42. The number of carbonyl (C=O) groups excluding carboxylic acids is 1. The van der Waals surface area contributed by atoms with Crippen molar-refractivity contribution in [1.82, 2.24) is 9.80 Å². The third-order valence-corrected chi connectivity index (χ3v) is 2.42. The summed E-state index contributed by atoms with van der Waals surface area (Å²) in [5, 5.41) is 0. The van der Waals surface area contributed by atoms with E-state index in [4.69, 9.17) is 5.73 Å². The van der Waals surface area contributed by atoms with Gasteiger partial charge in [0.2, 0.25) is 0 Å². The highest BCUT2D eigenvalue weighted by molar-refractivity contribution is 5.76. The van der Waals surface area contributed by atoms with E-state index >= 15 is 0 Å². The average molecular weight is 171 g/mol. The summed E-state index contributed by atoms with van der Waals surface area (Å²) in [5.41, 5.74) is 5.39. The van der Waals surface area contributed by atoms with E-state index in [2.05, 4.69) is 6.92 Å². The first-order chi connectivity index (χ1) is 5.70. The van der Waals surface area contributed by atoms with Crippen molar-refractivity contribution in [1.29, 1.82) is 0 Å². The minimum absolute atomic E-state index is 0.118. The van der Waals surface area contributed by atoms with E-state index < -0.39 is 0 Å². The van der Waals surface area contributed by atoms with Gasteiger partial charge in [-0.1, -0.05) is 6.92 Å². The van der Waals surface area contributed by atoms with Crippen molar-refractivity contribution < 1.29 is 4.79 Å². The number of hydrogen-bond acceptors (Lipinski definition) is 2. The number of carbonyl (C=O) groups is 1. The second-order valence-corrected chi connectivity index (χ2v) is 3.19. The number of nitrogens with zero attached hydrogens (tertiary/aromatic N) is 2. The molecule has 4 heteroatoms. The van der Waals surface area contributed by atoms with Gasteiger partial charge in [-0.3, -0.25) is 0 Å². The lowest BCUT2D eigenvalue weighted by Gasteiger charge is -2.15. The van der Waals surface area contributed by atoms with Crippen molar-refractivity contribution in [2.24, 2.45) is 5.73 Å². The van der Waals surface area contributed by atoms with Crippen LogP contribution in [0.2, 0.25) is 0 Å². The molecule has 1 fully saturated rings. The number of amides is 2. The molecule has 0 aromatic carbocycles. The second-order valence-electron chi connectivity index (χ2n) is 3.19. The molecule has 12 heavy (non-hydrogen) atoms. The molecule has 2 N–H and O–H groups in total. The van der Waals surface area contributed by atoms with E-state index in [0.29, 0.717) is 19.1 Å². The Morgan fingerprint density at radius 2 is 2.33 bits per heavy atom. The lowest BCUT2D eigenvalue weighted by Crippen LogP contribution is -2.33. The van der Waals surface area contributed by atoms with Crippen molar-refractivity contribution in [3.8, 4) is 0 Å². The molecule has 70 valence electrons. The Labute approximate surface area is 73.3 Å². The maximum Gasteiger partial charge on any atom is 0.320 e. The van der Waals surface area contributed by atoms with Crippen LogP contribution in [0.15, 0.2) is 0 Å². The van der Waals surface area contributed by atoms with Crippen LogP contribution < -0.4 is 5.73 Å². The highest BCUT2D eigenvalue weighted by atomic mass is 16.2. The van der Waals surface area contributed by atoms with Crippen molar-refractivity contribution in [2.45, 2.75) is 19.4 Å². The van der Waals surface area contributed by atoms with Crippen molar-refractivity contribution in [2.75, 3.05) is 26.7 Å². The summed E-state index contributed by atoms with van der Waals surface area (Å²) in [7, 11) is 1.85. The summed E-state index contributed by atoms with van der Waals surface area (Å²) in [6, 6.07) is 0.497. The largest absolute Gasteiger partial charge is 0.329 e. The van der Waals surface area contributed by atoms with E-state index in [1.54, 1.807) is 4.90 Å². The fourth-order valence-corrected chi connectivity index (χ4v) is 1.58. The van der Waals surface area contributed by atoms with E-state index in [0.717, 1.165) is 13.0 Å². The van der Waals surface area contributed by atoms with Crippen LogP contribution in [0.4, 0.5) is 4.79 Å². The number of hydrogen-bond donors (Lipinski definition) is 1. The lowest BCUT2D eigenvalue weighted by atomic mass is 10.2. The topological polar surface area (TPSA) is 49.6 Å². The van der Waals surface area contributed by atoms with Crippen LogP contribution in [0.1, 0.15) is 13.3 Å². The predicted molar refractivity (Wildman–Crippen MR) is 47.9 cm³/mol. The van der Waals surface area contributed by atoms with Crippen molar-refractivity contribution in [3.05, 3.63) is 0 Å². The second kappa shape index (κ2) is 3.76. The SMILES string of the molecule is CCC1CN(CCN)C(=O)N1C. The first-order valence-corrected chi connectivity index (χ1v) is 4.42. The Kier molecular flexibility index (Phi) is 2.92. The van der Waals surface area contributed by atoms with Gasteiger partial charge in [-0.05, 0) is 6.42 Å². The summed E-state index contributed by atoms with van der Waals surface area (Å²) >= 11 is 0. The summed E-state index contributed by atoms with van der Waals surface area (Å²) in [4.78, 5) is 15.1. The number of likely N-dealkylation sites (N-methyl/N-ethyl adjacent to an activating group) is 1. The van der Waals surface area contributed by atoms with Crippen LogP contribution in [-0.2, 0) is 0 Å². The molecule has 0 radical (unpaired) electrons. The molecule has 1 unspecified atom stereocenters. The van der Waals surface area contributed by atoms with Gasteiger partial charge < -0.3 is 15.5 Å². The number of rotatable bonds is 3. The van der Waals surface area contributed by atoms with E-state index in [1.165, 1.54) is 0 Å². The average Bonchev–Trinajstić information content (AvgIpc) is 2.33. The van der Waals surface area contributed by atoms with Crippen LogP contribution in [0, 0.1) is 0 Å². The molecule has 4 nitrogen and oxygen atoms in total. The monoisotopic (exact) mass is 171 g/mol. The Balaban J connectivity index is 2.54. The fourth-order valence-electron chi connectivity index (χ4n) is 1.58. The molecule has 0 saturated carbocycles. The van der Waals surface area contributed by atoms with Crippen LogP contribution in [0.3, 0.4) is 0 Å². The Hall–Kier alpha value is -0.770. The molecular formula is C8H17N3O. The molecule has 0 spiro atoms. The first kappa shape index (κ1) is 9.32. The molecule has 1 atom stereocenters. The highest BCUT2D eigenvalue weighted by Crippen LogP contribution is 2.15. The molecule has 0 aromatic heterocycles. The quantitative estimate of drug-likeness (QED) is 0.654. The molecule has 2 amide bonds. The van der Waals surface area contributed by atoms with Gasteiger partial charge >= 0.3 is 6.03 Å². The standard InChI is InChI=1S/C8H17N3O/c1-3-7-6-11(5-4-9)8(12)10(7)2/h7H,3-6,9H2,1-2H3. The smallest absolute Gasteiger partial charge is 0.320 e. The molecule has 0 bridgehead atoms. The lowest BCUT2D eigenvalue weighted by molar-refractivity contribution is 0.196. The summed E-state index contributed by atoms with van der Waals surface area (Å²) in [6.45, 7) is 4.17. The van der Waals surface area contributed by atoms with Gasteiger partial charge in [-0.15, -0.1) is 0 Å². The Morgan fingerprint density at radius 3 is 2.75 bits per heavy atom. The molecule has 1 saturated heterocycles. The summed E-state index contributed by atoms with van der Waals surface area (Å²) in [6.07, 6.45) is 1.02. The zero-order chi connectivity index (χ0) is 9.14. The molecule has 0 aliphatic carbocycles.